The molecule has 3 heteroatoms. The van der Waals surface area contributed by atoms with Gasteiger partial charge in [0.1, 0.15) is 0 Å². The summed E-state index contributed by atoms with van der Waals surface area (Å²) in [7, 11) is 0. The monoisotopic (exact) mass is 281 g/mol. The van der Waals surface area contributed by atoms with E-state index in [-0.39, 0.29) is 12.3 Å². The predicted molar refractivity (Wildman–Crippen MR) is 83.8 cm³/mol. The van der Waals surface area contributed by atoms with E-state index in [1.54, 1.807) is 0 Å². The minimum absolute atomic E-state index is 0.106. The number of nitrogens with zero attached hydrogens (tertiary/aromatic N) is 1. The Hall–Kier alpha value is -2.29. The van der Waals surface area contributed by atoms with E-state index in [0.717, 1.165) is 19.5 Å². The van der Waals surface area contributed by atoms with Crippen LogP contribution in [0.3, 0.4) is 0 Å². The molecule has 1 aliphatic rings. The number of anilines is 1. The van der Waals surface area contributed by atoms with Gasteiger partial charge in [-0.05, 0) is 23.6 Å². The number of carboxylic acid groups (broad SMARTS) is 1. The van der Waals surface area contributed by atoms with E-state index in [9.17, 15) is 4.79 Å². The van der Waals surface area contributed by atoms with Crippen LogP contribution in [-0.4, -0.2) is 24.2 Å². The van der Waals surface area contributed by atoms with E-state index in [0.29, 0.717) is 0 Å². The fraction of sp³-hybridized carbons (Fsp3) is 0.278. The Kier molecular flexibility index (Phi) is 3.91. The van der Waals surface area contributed by atoms with Crippen LogP contribution in [0.15, 0.2) is 54.6 Å². The van der Waals surface area contributed by atoms with E-state index in [4.69, 9.17) is 5.11 Å². The third-order valence-corrected chi connectivity index (χ3v) is 4.09. The van der Waals surface area contributed by atoms with Gasteiger partial charge < -0.3 is 10.0 Å². The van der Waals surface area contributed by atoms with Crippen molar-refractivity contribution in [3.8, 4) is 0 Å². The molecule has 0 radical (unpaired) electrons. The second kappa shape index (κ2) is 6.00. The van der Waals surface area contributed by atoms with Crippen LogP contribution in [-0.2, 0) is 11.2 Å². The quantitative estimate of drug-likeness (QED) is 0.914. The Bertz CT molecular complexity index is 624. The summed E-state index contributed by atoms with van der Waals surface area (Å²) in [6.45, 7) is 1.73. The number of rotatable bonds is 5. The molecule has 2 aromatic carbocycles. The molecule has 3 nitrogen and oxygen atoms in total. The molecule has 0 fully saturated rings. The Morgan fingerprint density at radius 2 is 1.81 bits per heavy atom. The highest BCUT2D eigenvalue weighted by molar-refractivity contribution is 5.71. The molecule has 0 bridgehead atoms. The summed E-state index contributed by atoms with van der Waals surface area (Å²) < 4.78 is 0. The van der Waals surface area contributed by atoms with Crippen molar-refractivity contribution in [1.82, 2.24) is 0 Å². The van der Waals surface area contributed by atoms with E-state index < -0.39 is 5.97 Å². The molecule has 0 saturated heterocycles. The van der Waals surface area contributed by atoms with Crippen LogP contribution < -0.4 is 4.90 Å². The number of para-hydroxylation sites is 1. The Morgan fingerprint density at radius 3 is 2.57 bits per heavy atom. The molecule has 1 aliphatic heterocycles. The summed E-state index contributed by atoms with van der Waals surface area (Å²) in [5.74, 6) is -0.616. The van der Waals surface area contributed by atoms with Gasteiger partial charge in [-0.15, -0.1) is 0 Å². The van der Waals surface area contributed by atoms with Crippen LogP contribution in [0.25, 0.3) is 0 Å². The highest BCUT2D eigenvalue weighted by Gasteiger charge is 2.29. The first-order valence-electron chi connectivity index (χ1n) is 7.33. The molecule has 1 atom stereocenters. The van der Waals surface area contributed by atoms with Crippen LogP contribution in [0, 0.1) is 0 Å². The Morgan fingerprint density at radius 1 is 1.10 bits per heavy atom. The molecule has 0 aliphatic carbocycles. The van der Waals surface area contributed by atoms with Crippen molar-refractivity contribution >= 4 is 11.7 Å². The maximum atomic E-state index is 11.0. The summed E-state index contributed by atoms with van der Waals surface area (Å²) in [6.07, 6.45) is 1.19. The van der Waals surface area contributed by atoms with Gasteiger partial charge in [0.15, 0.2) is 0 Å². The van der Waals surface area contributed by atoms with Gasteiger partial charge in [0.2, 0.25) is 0 Å². The molecule has 2 aromatic rings. The first-order chi connectivity index (χ1) is 10.2. The van der Waals surface area contributed by atoms with Crippen LogP contribution in [0.5, 0.6) is 0 Å². The number of hydrogen-bond donors (Lipinski definition) is 1. The topological polar surface area (TPSA) is 40.5 Å². The number of fused-ring (bicyclic) bond motifs is 1. The lowest BCUT2D eigenvalue weighted by atomic mass is 9.98. The molecular weight excluding hydrogens is 262 g/mol. The third kappa shape index (κ3) is 3.07. The minimum atomic E-state index is -0.722. The summed E-state index contributed by atoms with van der Waals surface area (Å²) in [5.41, 5.74) is 3.68. The van der Waals surface area contributed by atoms with Gasteiger partial charge in [-0.25, -0.2) is 0 Å². The second-order valence-corrected chi connectivity index (χ2v) is 5.54. The summed E-state index contributed by atoms with van der Waals surface area (Å²) in [6, 6.07) is 18.6. The highest BCUT2D eigenvalue weighted by atomic mass is 16.4. The van der Waals surface area contributed by atoms with Crippen LogP contribution in [0.4, 0.5) is 5.69 Å². The standard InChI is InChI=1S/C18H19NO2/c20-18(21)12-15-13-19(17-9-5-4-8-16(15)17)11-10-14-6-2-1-3-7-14/h1-9,15H,10-13H2,(H,20,21). The fourth-order valence-electron chi connectivity index (χ4n) is 3.09. The van der Waals surface area contributed by atoms with Crippen molar-refractivity contribution in [2.24, 2.45) is 0 Å². The lowest BCUT2D eigenvalue weighted by Crippen LogP contribution is -2.25. The number of aliphatic carboxylic acids is 1. The van der Waals surface area contributed by atoms with Gasteiger partial charge in [0, 0.05) is 24.7 Å². The first-order valence-corrected chi connectivity index (χ1v) is 7.33. The van der Waals surface area contributed by atoms with Gasteiger partial charge in [-0.3, -0.25) is 4.79 Å². The summed E-state index contributed by atoms with van der Waals surface area (Å²) in [4.78, 5) is 13.3. The van der Waals surface area contributed by atoms with Gasteiger partial charge in [-0.2, -0.15) is 0 Å². The molecule has 1 N–H and O–H groups in total. The van der Waals surface area contributed by atoms with Crippen LogP contribution in [0.2, 0.25) is 0 Å². The lowest BCUT2D eigenvalue weighted by Gasteiger charge is -2.19. The Labute approximate surface area is 124 Å². The molecule has 0 spiro atoms. The largest absolute Gasteiger partial charge is 0.481 e. The first kappa shape index (κ1) is 13.7. The zero-order chi connectivity index (χ0) is 14.7. The second-order valence-electron chi connectivity index (χ2n) is 5.54. The lowest BCUT2D eigenvalue weighted by molar-refractivity contribution is -0.137. The third-order valence-electron chi connectivity index (χ3n) is 4.09. The van der Waals surface area contributed by atoms with Crippen molar-refractivity contribution < 1.29 is 9.90 Å². The van der Waals surface area contributed by atoms with Gasteiger partial charge >= 0.3 is 5.97 Å². The average molecular weight is 281 g/mol. The number of carboxylic acids is 1. The van der Waals surface area contributed by atoms with Crippen molar-refractivity contribution in [1.29, 1.82) is 0 Å². The maximum absolute atomic E-state index is 11.0. The Balaban J connectivity index is 1.73. The van der Waals surface area contributed by atoms with Crippen molar-refractivity contribution in [2.45, 2.75) is 18.8 Å². The molecular formula is C18H19NO2. The maximum Gasteiger partial charge on any atom is 0.304 e. The SMILES string of the molecule is O=C(O)CC1CN(CCc2ccccc2)c2ccccc21. The molecule has 108 valence electrons. The smallest absolute Gasteiger partial charge is 0.304 e. The van der Waals surface area contributed by atoms with Crippen molar-refractivity contribution in [3.05, 3.63) is 65.7 Å². The zero-order valence-corrected chi connectivity index (χ0v) is 11.9. The molecule has 1 heterocycles. The van der Waals surface area contributed by atoms with Crippen molar-refractivity contribution in [3.63, 3.8) is 0 Å². The minimum Gasteiger partial charge on any atom is -0.481 e. The van der Waals surface area contributed by atoms with E-state index >= 15 is 0 Å². The molecule has 0 aromatic heterocycles. The van der Waals surface area contributed by atoms with Crippen molar-refractivity contribution in [2.75, 3.05) is 18.0 Å². The number of benzene rings is 2. The van der Waals surface area contributed by atoms with E-state index in [1.165, 1.54) is 16.8 Å². The molecule has 0 amide bonds. The van der Waals surface area contributed by atoms with Crippen LogP contribution in [0.1, 0.15) is 23.5 Å². The number of carbonyl (C=O) groups is 1. The molecule has 3 rings (SSSR count). The van der Waals surface area contributed by atoms with E-state index in [1.807, 2.05) is 18.2 Å². The molecule has 1 unspecified atom stereocenters. The van der Waals surface area contributed by atoms with Gasteiger partial charge in [-0.1, -0.05) is 48.5 Å². The van der Waals surface area contributed by atoms with Gasteiger partial charge in [0.05, 0.1) is 6.42 Å². The highest BCUT2D eigenvalue weighted by Crippen LogP contribution is 2.37. The predicted octanol–water partition coefficient (Wildman–Crippen LogP) is 3.31. The van der Waals surface area contributed by atoms with E-state index in [2.05, 4.69) is 41.3 Å². The van der Waals surface area contributed by atoms with Gasteiger partial charge in [0.25, 0.3) is 0 Å². The molecule has 0 saturated carbocycles. The zero-order valence-electron chi connectivity index (χ0n) is 11.9. The summed E-state index contributed by atoms with van der Waals surface area (Å²) >= 11 is 0. The number of hydrogen-bond acceptors (Lipinski definition) is 2. The van der Waals surface area contributed by atoms with Crippen LogP contribution >= 0.6 is 0 Å². The molecule has 21 heavy (non-hydrogen) atoms. The normalized spacial score (nSPS) is 16.8. The summed E-state index contributed by atoms with van der Waals surface area (Å²) in [5, 5.41) is 9.08. The fourth-order valence-corrected chi connectivity index (χ4v) is 3.09. The average Bonchev–Trinajstić information content (AvgIpc) is 2.84.